The fraction of sp³-hybridized carbons (Fsp3) is 0.0426. The molecule has 0 bridgehead atoms. The highest BCUT2D eigenvalue weighted by Crippen LogP contribution is 2.43. The smallest absolute Gasteiger partial charge is 0.141 e. The van der Waals surface area contributed by atoms with Crippen LogP contribution in [-0.2, 0) is 0 Å². The van der Waals surface area contributed by atoms with Crippen molar-refractivity contribution in [2.75, 3.05) is 0 Å². The van der Waals surface area contributed by atoms with Crippen LogP contribution >= 0.6 is 0 Å². The van der Waals surface area contributed by atoms with Crippen molar-refractivity contribution in [1.29, 1.82) is 0 Å². The summed E-state index contributed by atoms with van der Waals surface area (Å²) in [6.45, 7) is 4.64. The number of furan rings is 2. The molecule has 3 aromatic heterocycles. The second-order valence-corrected chi connectivity index (χ2v) is 13.6. The van der Waals surface area contributed by atoms with Crippen molar-refractivity contribution < 1.29 is 8.83 Å². The summed E-state index contributed by atoms with van der Waals surface area (Å²) in [6, 6.07) is 54.5. The number of para-hydroxylation sites is 4. The molecular weight excluding hydrogens is 639 g/mol. The molecule has 7 aromatic carbocycles. The topological polar surface area (TPSA) is 55.6 Å². The molecule has 1 aliphatic rings. The molecule has 2 atom stereocenters. The summed E-state index contributed by atoms with van der Waals surface area (Å²) in [5, 5.41) is 10.6. The van der Waals surface area contributed by atoms with E-state index in [1.807, 2.05) is 18.2 Å². The molecule has 0 fully saturated rings. The Kier molecular flexibility index (Phi) is 6.16. The maximum atomic E-state index is 6.65. The zero-order valence-corrected chi connectivity index (χ0v) is 28.1. The van der Waals surface area contributed by atoms with Crippen LogP contribution < -0.4 is 5.32 Å². The number of nitrogens with one attached hydrogen (secondary N) is 1. The molecule has 2 unspecified atom stereocenters. The van der Waals surface area contributed by atoms with Crippen molar-refractivity contribution in [1.82, 2.24) is 9.88 Å². The molecule has 1 N–H and O–H groups in total. The van der Waals surface area contributed by atoms with Gasteiger partial charge in [-0.1, -0.05) is 122 Å². The van der Waals surface area contributed by atoms with Crippen LogP contribution in [0, 0.1) is 0 Å². The van der Waals surface area contributed by atoms with E-state index in [9.17, 15) is 0 Å². The van der Waals surface area contributed by atoms with Gasteiger partial charge in [-0.15, -0.1) is 0 Å². The van der Waals surface area contributed by atoms with Gasteiger partial charge in [0, 0.05) is 38.1 Å². The van der Waals surface area contributed by atoms with Crippen LogP contribution in [0.15, 0.2) is 184 Å². The number of hydrogen-bond donors (Lipinski definition) is 1. The standard InChI is InChI=1S/C47H31N3O2/c1-28-44(29-13-3-2-4-14-29)48-47(49-45(28)36-19-11-18-34-33-17-7-10-23-40(33)52-46(34)36)30-25-26-35-42(27-30)51-41-24-12-22-39(43(35)41)50-37-20-8-5-15-31(37)32-16-6-9-21-38(32)50/h2-27,44-45H,1H2,(H,48,49). The summed E-state index contributed by atoms with van der Waals surface area (Å²) < 4.78 is 15.5. The number of fused-ring (bicyclic) bond motifs is 9. The molecule has 10 aromatic rings. The Morgan fingerprint density at radius 1 is 0.558 bits per heavy atom. The Balaban J connectivity index is 1.08. The first-order chi connectivity index (χ1) is 25.7. The van der Waals surface area contributed by atoms with Gasteiger partial charge in [0.15, 0.2) is 0 Å². The molecule has 52 heavy (non-hydrogen) atoms. The first kappa shape index (κ1) is 28.9. The predicted octanol–water partition coefficient (Wildman–Crippen LogP) is 12.0. The van der Waals surface area contributed by atoms with Crippen LogP contribution in [0.3, 0.4) is 0 Å². The first-order valence-corrected chi connectivity index (χ1v) is 17.6. The molecule has 5 nitrogen and oxygen atoms in total. The van der Waals surface area contributed by atoms with E-state index >= 15 is 0 Å². The van der Waals surface area contributed by atoms with Crippen molar-refractivity contribution in [2.24, 2.45) is 4.99 Å². The molecule has 0 spiro atoms. The van der Waals surface area contributed by atoms with Gasteiger partial charge >= 0.3 is 0 Å². The SMILES string of the molecule is C=C1C(c2ccccc2)N=C(c2ccc3c(c2)oc2cccc(-n4c5ccccc5c5ccccc54)c23)NC1c1cccc2c1oc1ccccc12. The van der Waals surface area contributed by atoms with Gasteiger partial charge in [0.05, 0.1) is 28.1 Å². The molecule has 4 heterocycles. The van der Waals surface area contributed by atoms with Crippen LogP contribution in [0.25, 0.3) is 71.4 Å². The van der Waals surface area contributed by atoms with Gasteiger partial charge in [-0.2, -0.15) is 0 Å². The van der Waals surface area contributed by atoms with Crippen LogP contribution in [-0.4, -0.2) is 10.4 Å². The van der Waals surface area contributed by atoms with E-state index in [0.717, 1.165) is 77.7 Å². The van der Waals surface area contributed by atoms with Gasteiger partial charge in [0.25, 0.3) is 0 Å². The van der Waals surface area contributed by atoms with E-state index in [1.165, 1.54) is 21.8 Å². The third-order valence-corrected chi connectivity index (χ3v) is 10.7. The minimum absolute atomic E-state index is 0.241. The molecule has 0 aliphatic carbocycles. The number of rotatable bonds is 4. The lowest BCUT2D eigenvalue weighted by Gasteiger charge is -2.33. The molecular formula is C47H31N3O2. The normalized spacial score (nSPS) is 16.4. The maximum Gasteiger partial charge on any atom is 0.141 e. The van der Waals surface area contributed by atoms with Crippen LogP contribution in [0.2, 0.25) is 0 Å². The Labute approximate surface area is 298 Å². The van der Waals surface area contributed by atoms with Gasteiger partial charge in [-0.3, -0.25) is 4.99 Å². The number of hydrogen-bond acceptors (Lipinski definition) is 4. The summed E-state index contributed by atoms with van der Waals surface area (Å²) in [6.07, 6.45) is 0. The van der Waals surface area contributed by atoms with Crippen molar-refractivity contribution >= 4 is 71.5 Å². The molecule has 0 radical (unpaired) electrons. The zero-order valence-electron chi connectivity index (χ0n) is 28.1. The van der Waals surface area contributed by atoms with Gasteiger partial charge in [-0.25, -0.2) is 0 Å². The minimum Gasteiger partial charge on any atom is -0.456 e. The van der Waals surface area contributed by atoms with Crippen LogP contribution in [0.1, 0.15) is 28.8 Å². The van der Waals surface area contributed by atoms with Crippen molar-refractivity contribution in [3.8, 4) is 5.69 Å². The molecule has 1 aliphatic heterocycles. The lowest BCUT2D eigenvalue weighted by Crippen LogP contribution is -2.36. The second-order valence-electron chi connectivity index (χ2n) is 13.6. The largest absolute Gasteiger partial charge is 0.456 e. The Morgan fingerprint density at radius 3 is 2.04 bits per heavy atom. The lowest BCUT2D eigenvalue weighted by molar-refractivity contribution is 0.609. The molecule has 11 rings (SSSR count). The van der Waals surface area contributed by atoms with Gasteiger partial charge in [-0.05, 0) is 53.6 Å². The van der Waals surface area contributed by atoms with Crippen molar-refractivity contribution in [3.63, 3.8) is 0 Å². The second kappa shape index (κ2) is 11.1. The Bertz CT molecular complexity index is 3030. The molecule has 0 saturated carbocycles. The third kappa shape index (κ3) is 4.20. The Hall–Kier alpha value is -6.85. The van der Waals surface area contributed by atoms with E-state index in [1.54, 1.807) is 0 Å². The highest BCUT2D eigenvalue weighted by Gasteiger charge is 2.32. The summed E-state index contributed by atoms with van der Waals surface area (Å²) in [5.74, 6) is 0.782. The summed E-state index contributed by atoms with van der Waals surface area (Å²) in [4.78, 5) is 5.32. The van der Waals surface area contributed by atoms with E-state index in [-0.39, 0.29) is 12.1 Å². The van der Waals surface area contributed by atoms with Gasteiger partial charge in [0.2, 0.25) is 0 Å². The highest BCUT2D eigenvalue weighted by molar-refractivity contribution is 6.15. The number of aliphatic imine (C=N–C) groups is 1. The predicted molar refractivity (Wildman–Crippen MR) is 213 cm³/mol. The average Bonchev–Trinajstić information content (AvgIpc) is 3.88. The van der Waals surface area contributed by atoms with E-state index < -0.39 is 0 Å². The van der Waals surface area contributed by atoms with Crippen LogP contribution in [0.4, 0.5) is 0 Å². The molecule has 246 valence electrons. The molecule has 5 heteroatoms. The Morgan fingerprint density at radius 2 is 1.23 bits per heavy atom. The van der Waals surface area contributed by atoms with Crippen molar-refractivity contribution in [3.05, 3.63) is 187 Å². The monoisotopic (exact) mass is 669 g/mol. The maximum absolute atomic E-state index is 6.65. The number of amidine groups is 1. The first-order valence-electron chi connectivity index (χ1n) is 17.6. The third-order valence-electron chi connectivity index (χ3n) is 10.7. The van der Waals surface area contributed by atoms with E-state index in [4.69, 9.17) is 13.8 Å². The fourth-order valence-electron chi connectivity index (χ4n) is 8.31. The summed E-state index contributed by atoms with van der Waals surface area (Å²) in [7, 11) is 0. The fourth-order valence-corrected chi connectivity index (χ4v) is 8.31. The number of aromatic nitrogens is 1. The number of nitrogens with zero attached hydrogens (tertiary/aromatic N) is 2. The molecule has 0 saturated heterocycles. The highest BCUT2D eigenvalue weighted by atomic mass is 16.3. The zero-order chi connectivity index (χ0) is 34.3. The van der Waals surface area contributed by atoms with Crippen molar-refractivity contribution in [2.45, 2.75) is 12.1 Å². The quantitative estimate of drug-likeness (QED) is 0.190. The minimum atomic E-state index is -0.254. The van der Waals surface area contributed by atoms with Crippen LogP contribution in [0.5, 0.6) is 0 Å². The number of benzene rings is 7. The summed E-state index contributed by atoms with van der Waals surface area (Å²) >= 11 is 0. The average molecular weight is 670 g/mol. The van der Waals surface area contributed by atoms with E-state index in [0.29, 0.717) is 0 Å². The lowest BCUT2D eigenvalue weighted by atomic mass is 9.87. The molecule has 0 amide bonds. The van der Waals surface area contributed by atoms with Gasteiger partial charge < -0.3 is 18.7 Å². The van der Waals surface area contributed by atoms with E-state index in [2.05, 4.69) is 156 Å². The van der Waals surface area contributed by atoms with Gasteiger partial charge in [0.1, 0.15) is 34.2 Å². The summed E-state index contributed by atoms with van der Waals surface area (Å²) in [5.41, 5.74) is 10.8.